The number of aryl methyl sites for hydroxylation is 1. The van der Waals surface area contributed by atoms with Crippen molar-refractivity contribution in [1.82, 2.24) is 10.3 Å². The number of methoxy groups -OCH3 is 2. The molecule has 0 spiro atoms. The van der Waals surface area contributed by atoms with Crippen LogP contribution in [-0.2, 0) is 0 Å². The Morgan fingerprint density at radius 3 is 2.50 bits per heavy atom. The zero-order valence-corrected chi connectivity index (χ0v) is 22.6. The van der Waals surface area contributed by atoms with Gasteiger partial charge in [0.1, 0.15) is 11.5 Å². The Kier molecular flexibility index (Phi) is 8.76. The smallest absolute Gasteiger partial charge is 0.319 e. The average Bonchev–Trinajstić information content (AvgIpc) is 2.92. The fraction of sp³-hybridized carbons (Fsp3) is 0.241. The van der Waals surface area contributed by atoms with E-state index in [-0.39, 0.29) is 6.03 Å². The van der Waals surface area contributed by atoms with Crippen LogP contribution >= 0.6 is 11.6 Å². The number of hydrogen-bond acceptors (Lipinski definition) is 6. The summed E-state index contributed by atoms with van der Waals surface area (Å²) in [5.74, 6) is 2.25. The Morgan fingerprint density at radius 2 is 1.79 bits per heavy atom. The number of carbonyl (C=O) groups is 1. The molecule has 0 unspecified atom stereocenters. The van der Waals surface area contributed by atoms with Gasteiger partial charge in [0, 0.05) is 49.0 Å². The number of urea groups is 1. The number of carbonyl (C=O) groups excluding carboxylic acids is 1. The Bertz CT molecular complexity index is 1430. The molecule has 0 aliphatic heterocycles. The molecular weight excluding hydrogens is 504 g/mol. The van der Waals surface area contributed by atoms with Gasteiger partial charge in [-0.1, -0.05) is 23.7 Å². The van der Waals surface area contributed by atoms with Crippen LogP contribution in [0.4, 0.5) is 16.2 Å². The topological polar surface area (TPSA) is 85.0 Å². The highest BCUT2D eigenvalue weighted by atomic mass is 35.5. The summed E-state index contributed by atoms with van der Waals surface area (Å²) in [6.07, 6.45) is 1.66. The molecule has 38 heavy (non-hydrogen) atoms. The predicted molar refractivity (Wildman–Crippen MR) is 152 cm³/mol. The van der Waals surface area contributed by atoms with E-state index in [1.807, 2.05) is 12.1 Å². The number of anilines is 2. The molecule has 2 amide bonds. The van der Waals surface area contributed by atoms with Gasteiger partial charge >= 0.3 is 6.03 Å². The second-order valence-electron chi connectivity index (χ2n) is 8.58. The third-order valence-electron chi connectivity index (χ3n) is 6.04. The molecule has 198 valence electrons. The number of nitrogens with zero attached hydrogens (tertiary/aromatic N) is 2. The third kappa shape index (κ3) is 6.39. The molecule has 4 aromatic rings. The van der Waals surface area contributed by atoms with E-state index in [2.05, 4.69) is 52.6 Å². The standard InChI is InChI=1S/C29H31ClN4O4/c1-5-34(20-8-6-7-19(2)15-20)14-13-32-29(35)33-24-10-9-21(16-23(24)30)38-26-11-12-31-25-18-28(37-4)27(36-3)17-22(25)26/h6-12,15-18H,5,13-14H2,1-4H3,(H2,32,33,35). The van der Waals surface area contributed by atoms with Crippen LogP contribution < -0.4 is 29.7 Å². The van der Waals surface area contributed by atoms with Crippen LogP contribution in [-0.4, -0.2) is 44.9 Å². The van der Waals surface area contributed by atoms with Crippen molar-refractivity contribution < 1.29 is 19.0 Å². The summed E-state index contributed by atoms with van der Waals surface area (Å²) in [4.78, 5) is 19.1. The molecule has 0 atom stereocenters. The van der Waals surface area contributed by atoms with Gasteiger partial charge in [-0.15, -0.1) is 0 Å². The Balaban J connectivity index is 1.38. The highest BCUT2D eigenvalue weighted by Crippen LogP contribution is 2.37. The molecule has 0 radical (unpaired) electrons. The summed E-state index contributed by atoms with van der Waals surface area (Å²) in [7, 11) is 3.15. The van der Waals surface area contributed by atoms with Gasteiger partial charge in [0.15, 0.2) is 11.5 Å². The van der Waals surface area contributed by atoms with Gasteiger partial charge in [0.2, 0.25) is 0 Å². The molecule has 0 fully saturated rings. The molecule has 0 bridgehead atoms. The summed E-state index contributed by atoms with van der Waals surface area (Å²) < 4.78 is 16.9. The SMILES string of the molecule is CCN(CCNC(=O)Nc1ccc(Oc2ccnc3cc(OC)c(OC)cc23)cc1Cl)c1cccc(C)c1. The lowest BCUT2D eigenvalue weighted by molar-refractivity contribution is 0.252. The zero-order chi connectivity index (χ0) is 27.1. The number of likely N-dealkylation sites (N-methyl/N-ethyl adjacent to an activating group) is 1. The molecule has 8 nitrogen and oxygen atoms in total. The van der Waals surface area contributed by atoms with Crippen molar-refractivity contribution in [2.45, 2.75) is 13.8 Å². The van der Waals surface area contributed by atoms with Gasteiger partial charge in [0.25, 0.3) is 0 Å². The number of nitrogens with one attached hydrogen (secondary N) is 2. The predicted octanol–water partition coefficient (Wildman–Crippen LogP) is 6.65. The summed E-state index contributed by atoms with van der Waals surface area (Å²) >= 11 is 6.47. The number of fused-ring (bicyclic) bond motifs is 1. The van der Waals surface area contributed by atoms with E-state index in [9.17, 15) is 4.79 Å². The molecule has 1 aromatic heterocycles. The number of aromatic nitrogens is 1. The number of ether oxygens (including phenoxy) is 3. The molecule has 2 N–H and O–H groups in total. The second-order valence-corrected chi connectivity index (χ2v) is 8.98. The van der Waals surface area contributed by atoms with Crippen molar-refractivity contribution in [3.63, 3.8) is 0 Å². The maximum Gasteiger partial charge on any atom is 0.319 e. The van der Waals surface area contributed by atoms with Gasteiger partial charge < -0.3 is 29.7 Å². The molecule has 0 saturated carbocycles. The van der Waals surface area contributed by atoms with Crippen LogP contribution in [0.3, 0.4) is 0 Å². The van der Waals surface area contributed by atoms with E-state index < -0.39 is 0 Å². The summed E-state index contributed by atoms with van der Waals surface area (Å²) in [5, 5.41) is 6.81. The summed E-state index contributed by atoms with van der Waals surface area (Å²) in [6.45, 7) is 6.16. The first-order chi connectivity index (χ1) is 18.4. The molecule has 1 heterocycles. The van der Waals surface area contributed by atoms with Crippen LogP contribution in [0.15, 0.2) is 66.9 Å². The minimum atomic E-state index is -0.331. The Hall–Kier alpha value is -4.17. The van der Waals surface area contributed by atoms with Crippen LogP contribution in [0.25, 0.3) is 10.9 Å². The van der Waals surface area contributed by atoms with Gasteiger partial charge in [-0.2, -0.15) is 0 Å². The van der Waals surface area contributed by atoms with E-state index in [1.54, 1.807) is 50.7 Å². The number of amides is 2. The summed E-state index contributed by atoms with van der Waals surface area (Å²) in [6, 6.07) is 18.4. The average molecular weight is 535 g/mol. The van der Waals surface area contributed by atoms with E-state index in [0.717, 1.165) is 17.6 Å². The molecule has 0 aliphatic carbocycles. The largest absolute Gasteiger partial charge is 0.493 e. The third-order valence-corrected chi connectivity index (χ3v) is 6.35. The minimum absolute atomic E-state index is 0.331. The summed E-state index contributed by atoms with van der Waals surface area (Å²) in [5.41, 5.74) is 3.51. The number of hydrogen-bond donors (Lipinski definition) is 2. The Labute approximate surface area is 227 Å². The highest BCUT2D eigenvalue weighted by Gasteiger charge is 2.13. The van der Waals surface area contributed by atoms with E-state index in [0.29, 0.717) is 52.3 Å². The van der Waals surface area contributed by atoms with Crippen molar-refractivity contribution in [2.75, 3.05) is 44.1 Å². The molecular formula is C29H31ClN4O4. The van der Waals surface area contributed by atoms with Crippen molar-refractivity contribution >= 4 is 39.9 Å². The van der Waals surface area contributed by atoms with Crippen LogP contribution in [0.5, 0.6) is 23.0 Å². The van der Waals surface area contributed by atoms with Gasteiger partial charge in [-0.25, -0.2) is 4.79 Å². The van der Waals surface area contributed by atoms with Crippen LogP contribution in [0.1, 0.15) is 12.5 Å². The van der Waals surface area contributed by atoms with Crippen molar-refractivity contribution in [3.05, 3.63) is 77.4 Å². The van der Waals surface area contributed by atoms with Crippen molar-refractivity contribution in [1.29, 1.82) is 0 Å². The molecule has 3 aromatic carbocycles. The highest BCUT2D eigenvalue weighted by molar-refractivity contribution is 6.33. The van der Waals surface area contributed by atoms with Crippen LogP contribution in [0.2, 0.25) is 5.02 Å². The van der Waals surface area contributed by atoms with Crippen molar-refractivity contribution in [3.8, 4) is 23.0 Å². The van der Waals surface area contributed by atoms with Gasteiger partial charge in [-0.3, -0.25) is 4.98 Å². The molecule has 0 aliphatic rings. The number of halogens is 1. The van der Waals surface area contributed by atoms with E-state index in [1.165, 1.54) is 5.56 Å². The molecule has 4 rings (SSSR count). The second kappa shape index (κ2) is 12.4. The zero-order valence-electron chi connectivity index (χ0n) is 21.9. The maximum atomic E-state index is 12.5. The lowest BCUT2D eigenvalue weighted by atomic mass is 10.2. The fourth-order valence-electron chi connectivity index (χ4n) is 4.09. The minimum Gasteiger partial charge on any atom is -0.493 e. The number of benzene rings is 3. The number of rotatable bonds is 10. The Morgan fingerprint density at radius 1 is 1.00 bits per heavy atom. The first kappa shape index (κ1) is 26.9. The lowest BCUT2D eigenvalue weighted by Gasteiger charge is -2.23. The monoisotopic (exact) mass is 534 g/mol. The van der Waals surface area contributed by atoms with Gasteiger partial charge in [0.05, 0.1) is 30.4 Å². The first-order valence-electron chi connectivity index (χ1n) is 12.3. The lowest BCUT2D eigenvalue weighted by Crippen LogP contribution is -2.37. The quantitative estimate of drug-likeness (QED) is 0.237. The maximum absolute atomic E-state index is 12.5. The van der Waals surface area contributed by atoms with E-state index >= 15 is 0 Å². The number of pyridine rings is 1. The molecule has 9 heteroatoms. The normalized spacial score (nSPS) is 10.7. The fourth-order valence-corrected chi connectivity index (χ4v) is 4.31. The van der Waals surface area contributed by atoms with E-state index in [4.69, 9.17) is 25.8 Å². The first-order valence-corrected chi connectivity index (χ1v) is 12.6. The van der Waals surface area contributed by atoms with Crippen molar-refractivity contribution in [2.24, 2.45) is 0 Å². The van der Waals surface area contributed by atoms with Crippen LogP contribution in [0, 0.1) is 6.92 Å². The van der Waals surface area contributed by atoms with Gasteiger partial charge in [-0.05, 0) is 55.8 Å². The molecule has 0 saturated heterocycles.